The number of amides is 1. The van der Waals surface area contributed by atoms with Crippen molar-refractivity contribution in [1.82, 2.24) is 0 Å². The van der Waals surface area contributed by atoms with Crippen LogP contribution in [0.4, 0.5) is 11.4 Å². The molecule has 6 nitrogen and oxygen atoms in total. The van der Waals surface area contributed by atoms with E-state index in [-0.39, 0.29) is 19.1 Å². The molecule has 0 fully saturated rings. The minimum absolute atomic E-state index is 0.000432. The zero-order chi connectivity index (χ0) is 22.2. The van der Waals surface area contributed by atoms with Crippen LogP contribution in [-0.4, -0.2) is 45.3 Å². The van der Waals surface area contributed by atoms with Crippen LogP contribution in [0.2, 0.25) is 0 Å². The fourth-order valence-corrected chi connectivity index (χ4v) is 3.11. The van der Waals surface area contributed by atoms with Gasteiger partial charge in [-0.25, -0.2) is 4.79 Å². The number of hydrogen-bond acceptors (Lipinski definition) is 5. The van der Waals surface area contributed by atoms with Crippen LogP contribution in [0.3, 0.4) is 0 Å². The van der Waals surface area contributed by atoms with Gasteiger partial charge < -0.3 is 19.7 Å². The molecule has 30 heavy (non-hydrogen) atoms. The summed E-state index contributed by atoms with van der Waals surface area (Å²) in [6, 6.07) is 5.42. The molecule has 0 saturated heterocycles. The lowest BCUT2D eigenvalue weighted by molar-refractivity contribution is -0.122. The van der Waals surface area contributed by atoms with Gasteiger partial charge in [-0.2, -0.15) is 0 Å². The van der Waals surface area contributed by atoms with Crippen LogP contribution >= 0.6 is 0 Å². The minimum atomic E-state index is -0.429. The maximum atomic E-state index is 12.6. The van der Waals surface area contributed by atoms with Crippen LogP contribution in [0.25, 0.3) is 0 Å². The number of ether oxygens (including phenoxy) is 2. The van der Waals surface area contributed by atoms with E-state index in [2.05, 4.69) is 19.2 Å². The van der Waals surface area contributed by atoms with Crippen molar-refractivity contribution in [2.24, 2.45) is 0 Å². The highest BCUT2D eigenvalue weighted by Gasteiger charge is 2.20. The number of carbonyl (C=O) groups excluding carboxylic acids is 2. The van der Waals surface area contributed by atoms with Crippen molar-refractivity contribution in [2.75, 3.05) is 43.6 Å². The fraction of sp³-hybridized carbons (Fsp3) is 0.667. The number of rotatable bonds is 16. The number of anilines is 2. The molecule has 0 unspecified atom stereocenters. The van der Waals surface area contributed by atoms with Gasteiger partial charge in [0.25, 0.3) is 5.91 Å². The lowest BCUT2D eigenvalue weighted by Gasteiger charge is -2.21. The van der Waals surface area contributed by atoms with Crippen LogP contribution in [-0.2, 0) is 14.3 Å². The van der Waals surface area contributed by atoms with Crippen molar-refractivity contribution >= 4 is 23.3 Å². The monoisotopic (exact) mass is 420 g/mol. The molecule has 0 radical (unpaired) electrons. The second-order valence-corrected chi connectivity index (χ2v) is 7.51. The van der Waals surface area contributed by atoms with Gasteiger partial charge in [0, 0.05) is 25.9 Å². The topological polar surface area (TPSA) is 67.9 Å². The second kappa shape index (κ2) is 15.7. The van der Waals surface area contributed by atoms with Crippen LogP contribution < -0.4 is 10.2 Å². The van der Waals surface area contributed by atoms with Gasteiger partial charge in [-0.15, -0.1) is 0 Å². The van der Waals surface area contributed by atoms with Gasteiger partial charge in [-0.1, -0.05) is 52.4 Å². The highest BCUT2D eigenvalue weighted by molar-refractivity contribution is 6.03. The summed E-state index contributed by atoms with van der Waals surface area (Å²) in [7, 11) is 1.67. The largest absolute Gasteiger partial charge is 0.462 e. The summed E-state index contributed by atoms with van der Waals surface area (Å²) in [5.74, 6) is -0.613. The van der Waals surface area contributed by atoms with Gasteiger partial charge in [0.1, 0.15) is 6.61 Å². The smallest absolute Gasteiger partial charge is 0.340 e. The van der Waals surface area contributed by atoms with Crippen molar-refractivity contribution in [3.63, 3.8) is 0 Å². The molecular formula is C24H40N2O4. The molecule has 6 heteroatoms. The van der Waals surface area contributed by atoms with Crippen molar-refractivity contribution in [2.45, 2.75) is 72.1 Å². The molecular weight excluding hydrogens is 380 g/mol. The normalized spacial score (nSPS) is 10.7. The van der Waals surface area contributed by atoms with E-state index in [1.165, 1.54) is 37.0 Å². The maximum Gasteiger partial charge on any atom is 0.340 e. The van der Waals surface area contributed by atoms with E-state index >= 15 is 0 Å². The van der Waals surface area contributed by atoms with Gasteiger partial charge in [-0.3, -0.25) is 4.79 Å². The highest BCUT2D eigenvalue weighted by atomic mass is 16.5. The molecule has 0 aliphatic rings. The molecule has 0 aliphatic carbocycles. The van der Waals surface area contributed by atoms with E-state index in [0.29, 0.717) is 17.9 Å². The molecule has 0 atom stereocenters. The average Bonchev–Trinajstić information content (AvgIpc) is 2.75. The molecule has 1 aromatic rings. The van der Waals surface area contributed by atoms with Crippen LogP contribution in [0.15, 0.2) is 18.2 Å². The van der Waals surface area contributed by atoms with Gasteiger partial charge in [0.2, 0.25) is 0 Å². The second-order valence-electron chi connectivity index (χ2n) is 7.51. The zero-order valence-electron chi connectivity index (χ0n) is 19.3. The first-order valence-electron chi connectivity index (χ1n) is 11.4. The first-order valence-corrected chi connectivity index (χ1v) is 11.4. The number of unbranched alkanes of at least 4 members (excludes halogenated alkanes) is 6. The molecule has 0 aromatic heterocycles. The molecule has 1 amide bonds. The Morgan fingerprint density at radius 3 is 2.33 bits per heavy atom. The quantitative estimate of drug-likeness (QED) is 0.286. The summed E-state index contributed by atoms with van der Waals surface area (Å²) in [6.45, 7) is 7.84. The summed E-state index contributed by atoms with van der Waals surface area (Å²) in [6.07, 6.45) is 9.11. The van der Waals surface area contributed by atoms with E-state index in [1.54, 1.807) is 20.0 Å². The van der Waals surface area contributed by atoms with E-state index in [1.807, 2.05) is 12.1 Å². The molecule has 170 valence electrons. The van der Waals surface area contributed by atoms with E-state index in [9.17, 15) is 9.59 Å². The third-order valence-electron chi connectivity index (χ3n) is 4.96. The molecule has 0 spiro atoms. The van der Waals surface area contributed by atoms with Crippen LogP contribution in [0.1, 0.15) is 82.5 Å². The van der Waals surface area contributed by atoms with E-state index in [4.69, 9.17) is 9.47 Å². The molecule has 1 aromatic carbocycles. The van der Waals surface area contributed by atoms with Gasteiger partial charge in [0.15, 0.2) is 0 Å². The Balaban J connectivity index is 2.78. The molecule has 0 heterocycles. The predicted octanol–water partition coefficient (Wildman–Crippen LogP) is 5.42. The molecule has 0 saturated carbocycles. The van der Waals surface area contributed by atoms with Crippen molar-refractivity contribution in [3.8, 4) is 0 Å². The van der Waals surface area contributed by atoms with Crippen molar-refractivity contribution in [3.05, 3.63) is 23.8 Å². The Morgan fingerprint density at radius 1 is 0.967 bits per heavy atom. The highest BCUT2D eigenvalue weighted by Crippen LogP contribution is 2.25. The summed E-state index contributed by atoms with van der Waals surface area (Å²) < 4.78 is 10.7. The Bertz CT molecular complexity index is 634. The first-order chi connectivity index (χ1) is 14.5. The number of esters is 1. The first kappa shape index (κ1) is 26.0. The summed E-state index contributed by atoms with van der Waals surface area (Å²) in [4.78, 5) is 26.5. The Kier molecular flexibility index (Phi) is 13.6. The van der Waals surface area contributed by atoms with Crippen molar-refractivity contribution < 1.29 is 19.1 Å². The average molecular weight is 421 g/mol. The predicted molar refractivity (Wildman–Crippen MR) is 123 cm³/mol. The summed E-state index contributed by atoms with van der Waals surface area (Å²) in [5, 5.41) is 3.39. The Hall–Kier alpha value is -2.08. The third kappa shape index (κ3) is 9.61. The number of carbonyl (C=O) groups is 2. The molecule has 1 rings (SSSR count). The lowest BCUT2D eigenvalue weighted by atomic mass is 10.1. The number of hydrogen-bond donors (Lipinski definition) is 1. The van der Waals surface area contributed by atoms with E-state index in [0.717, 1.165) is 31.5 Å². The number of nitrogens with one attached hydrogen (secondary N) is 1. The summed E-state index contributed by atoms with van der Waals surface area (Å²) in [5.41, 5.74) is 1.80. The maximum absolute atomic E-state index is 12.6. The number of benzene rings is 1. The molecule has 0 aliphatic heterocycles. The SMILES string of the molecule is CCCCCCNc1ccc(C(=O)OCC)c(N(C)C(=O)COCCCCCC)c1. The summed E-state index contributed by atoms with van der Waals surface area (Å²) >= 11 is 0. The Labute approximate surface area is 182 Å². The van der Waals surface area contributed by atoms with Gasteiger partial charge in [-0.05, 0) is 38.0 Å². The van der Waals surface area contributed by atoms with Crippen molar-refractivity contribution in [1.29, 1.82) is 0 Å². The third-order valence-corrected chi connectivity index (χ3v) is 4.96. The minimum Gasteiger partial charge on any atom is -0.462 e. The van der Waals surface area contributed by atoms with E-state index < -0.39 is 5.97 Å². The van der Waals surface area contributed by atoms with Gasteiger partial charge in [0.05, 0.1) is 17.9 Å². The lowest BCUT2D eigenvalue weighted by Crippen LogP contribution is -2.31. The molecule has 1 N–H and O–H groups in total. The van der Waals surface area contributed by atoms with Crippen LogP contribution in [0.5, 0.6) is 0 Å². The standard InChI is InChI=1S/C24H40N2O4/c1-5-8-10-12-16-25-20-14-15-21(24(28)30-7-3)22(18-20)26(4)23(27)19-29-17-13-11-9-6-2/h14-15,18,25H,5-13,16-17,19H2,1-4H3. The number of likely N-dealkylation sites (N-methyl/N-ethyl adjacent to an activating group) is 1. The fourth-order valence-electron chi connectivity index (χ4n) is 3.11. The number of nitrogens with zero attached hydrogens (tertiary/aromatic N) is 1. The zero-order valence-corrected chi connectivity index (χ0v) is 19.3. The van der Waals surface area contributed by atoms with Gasteiger partial charge >= 0.3 is 5.97 Å². The molecule has 0 bridgehead atoms. The Morgan fingerprint density at radius 2 is 1.67 bits per heavy atom. The van der Waals surface area contributed by atoms with Crippen LogP contribution in [0, 0.1) is 0 Å².